The third-order valence-electron chi connectivity index (χ3n) is 4.98. The van der Waals surface area contributed by atoms with Crippen LogP contribution in [0.15, 0.2) is 53.5 Å². The first kappa shape index (κ1) is 26.0. The van der Waals surface area contributed by atoms with Crippen molar-refractivity contribution in [2.45, 2.75) is 26.6 Å². The molecule has 0 saturated heterocycles. The van der Waals surface area contributed by atoms with E-state index < -0.39 is 17.8 Å². The van der Waals surface area contributed by atoms with E-state index in [0.29, 0.717) is 28.5 Å². The summed E-state index contributed by atoms with van der Waals surface area (Å²) < 4.78 is 40.4. The Bertz CT molecular complexity index is 1180. The molecule has 0 unspecified atom stereocenters. The van der Waals surface area contributed by atoms with Gasteiger partial charge in [0.2, 0.25) is 5.96 Å². The monoisotopic (exact) mass is 507 g/mol. The van der Waals surface area contributed by atoms with Crippen molar-refractivity contribution >= 4 is 40.7 Å². The number of phenolic OH excluding ortho intramolecular Hbond substituents is 1. The van der Waals surface area contributed by atoms with Gasteiger partial charge < -0.3 is 21.5 Å². The molecule has 3 rings (SSSR count). The summed E-state index contributed by atoms with van der Waals surface area (Å²) in [5.41, 5.74) is 6.25. The fraction of sp³-hybridized carbons (Fsp3) is 0.261. The largest absolute Gasteiger partial charge is 0.508 e. The molecule has 186 valence electrons. The number of nitrogens with two attached hydrogens (primary N) is 1. The highest BCUT2D eigenvalue weighted by atomic mass is 35.5. The molecule has 0 fully saturated rings. The fourth-order valence-electron chi connectivity index (χ4n) is 3.14. The van der Waals surface area contributed by atoms with Gasteiger partial charge in [-0.2, -0.15) is 23.1 Å². The summed E-state index contributed by atoms with van der Waals surface area (Å²) in [6, 6.07) is 11.9. The standard InChI is InChI=1S/C23H25ClF3N7O/c1-3-34(4-2)13-14-11-17(9-10-18(14)35)29-20-12-19(23(25,26)27)31-22(32-20)33-21(28)30-16-7-5-15(24)6-8-16/h5-12,35H,3-4,13H2,1-2H3,(H4,28,29,30,31,32,33). The van der Waals surface area contributed by atoms with Crippen LogP contribution in [0.4, 0.5) is 36.3 Å². The Hall–Kier alpha value is -3.57. The third-order valence-corrected chi connectivity index (χ3v) is 5.23. The van der Waals surface area contributed by atoms with Gasteiger partial charge in [0.1, 0.15) is 11.6 Å². The molecule has 0 radical (unpaired) electrons. The Balaban J connectivity index is 1.90. The molecule has 0 amide bonds. The van der Waals surface area contributed by atoms with Gasteiger partial charge in [0.25, 0.3) is 5.95 Å². The number of guanidine groups is 1. The summed E-state index contributed by atoms with van der Waals surface area (Å²) in [6.07, 6.45) is -4.73. The molecule has 1 aromatic heterocycles. The van der Waals surface area contributed by atoms with Crippen molar-refractivity contribution in [2.24, 2.45) is 10.7 Å². The summed E-state index contributed by atoms with van der Waals surface area (Å²) in [4.78, 5) is 13.5. The Morgan fingerprint density at radius 1 is 1.06 bits per heavy atom. The Labute approximate surface area is 205 Å². The first-order valence-corrected chi connectivity index (χ1v) is 11.1. The van der Waals surface area contributed by atoms with Crippen LogP contribution >= 0.6 is 11.6 Å². The van der Waals surface area contributed by atoms with Crippen LogP contribution in [0.2, 0.25) is 5.02 Å². The number of phenols is 1. The van der Waals surface area contributed by atoms with Gasteiger partial charge in [-0.05, 0) is 55.6 Å². The van der Waals surface area contributed by atoms with Gasteiger partial charge in [0.05, 0.1) is 0 Å². The maximum atomic E-state index is 13.5. The number of hydrogen-bond acceptors (Lipinski definition) is 6. The van der Waals surface area contributed by atoms with E-state index in [1.807, 2.05) is 13.8 Å². The van der Waals surface area contributed by atoms with Gasteiger partial charge >= 0.3 is 6.18 Å². The number of nitrogens with one attached hydrogen (secondary N) is 2. The van der Waals surface area contributed by atoms with Crippen LogP contribution < -0.4 is 16.4 Å². The highest BCUT2D eigenvalue weighted by Crippen LogP contribution is 2.32. The van der Waals surface area contributed by atoms with Crippen molar-refractivity contribution in [3.05, 3.63) is 64.8 Å². The topological polar surface area (TPSA) is 112 Å². The molecule has 0 aliphatic rings. The molecule has 8 nitrogen and oxygen atoms in total. The molecule has 12 heteroatoms. The van der Waals surface area contributed by atoms with Crippen LogP contribution in [0.3, 0.4) is 0 Å². The minimum absolute atomic E-state index is 0.0902. The zero-order valence-electron chi connectivity index (χ0n) is 19.1. The highest BCUT2D eigenvalue weighted by Gasteiger charge is 2.34. The van der Waals surface area contributed by atoms with Crippen molar-refractivity contribution in [1.29, 1.82) is 0 Å². The lowest BCUT2D eigenvalue weighted by Gasteiger charge is -2.19. The van der Waals surface area contributed by atoms with Gasteiger partial charge in [0.15, 0.2) is 5.69 Å². The summed E-state index contributed by atoms with van der Waals surface area (Å²) >= 11 is 5.84. The Kier molecular flexibility index (Phi) is 8.36. The number of aliphatic imine (C=N–C) groups is 1. The lowest BCUT2D eigenvalue weighted by Crippen LogP contribution is -2.22. The molecule has 35 heavy (non-hydrogen) atoms. The second kappa shape index (κ2) is 11.2. The molecule has 0 atom stereocenters. The van der Waals surface area contributed by atoms with E-state index in [1.165, 1.54) is 12.1 Å². The van der Waals surface area contributed by atoms with Crippen molar-refractivity contribution in [3.8, 4) is 5.75 Å². The first-order valence-electron chi connectivity index (χ1n) is 10.7. The number of nitrogens with zero attached hydrogens (tertiary/aromatic N) is 4. The van der Waals surface area contributed by atoms with E-state index >= 15 is 0 Å². The zero-order valence-corrected chi connectivity index (χ0v) is 19.8. The van der Waals surface area contributed by atoms with Crippen molar-refractivity contribution in [1.82, 2.24) is 14.9 Å². The summed E-state index contributed by atoms with van der Waals surface area (Å²) in [5.74, 6) is -0.732. The maximum absolute atomic E-state index is 13.5. The normalized spacial score (nSPS) is 12.1. The van der Waals surface area contributed by atoms with Crippen LogP contribution in [-0.2, 0) is 12.7 Å². The molecule has 2 aromatic carbocycles. The number of anilines is 3. The van der Waals surface area contributed by atoms with Gasteiger partial charge in [-0.25, -0.2) is 4.98 Å². The molecule has 5 N–H and O–H groups in total. The Morgan fingerprint density at radius 2 is 1.71 bits per heavy atom. The summed E-state index contributed by atoms with van der Waals surface area (Å²) in [7, 11) is 0. The lowest BCUT2D eigenvalue weighted by molar-refractivity contribution is -0.141. The number of rotatable bonds is 8. The van der Waals surface area contributed by atoms with Crippen LogP contribution in [0.25, 0.3) is 0 Å². The number of benzene rings is 2. The van der Waals surface area contributed by atoms with E-state index in [0.717, 1.165) is 19.2 Å². The van der Waals surface area contributed by atoms with Gasteiger partial charge in [-0.15, -0.1) is 0 Å². The number of halogens is 4. The van der Waals surface area contributed by atoms with E-state index in [2.05, 4.69) is 30.5 Å². The predicted octanol–water partition coefficient (Wildman–Crippen LogP) is 5.50. The molecule has 0 bridgehead atoms. The fourth-order valence-corrected chi connectivity index (χ4v) is 3.26. The molecule has 0 aliphatic carbocycles. The quantitative estimate of drug-likeness (QED) is 0.181. The zero-order chi connectivity index (χ0) is 25.6. The molecule has 0 spiro atoms. The van der Waals surface area contributed by atoms with Gasteiger partial charge in [-0.3, -0.25) is 4.90 Å². The summed E-state index contributed by atoms with van der Waals surface area (Å²) in [5, 5.41) is 16.3. The smallest absolute Gasteiger partial charge is 0.433 e. The Morgan fingerprint density at radius 3 is 2.34 bits per heavy atom. The third kappa shape index (κ3) is 7.46. The highest BCUT2D eigenvalue weighted by molar-refractivity contribution is 6.30. The SMILES string of the molecule is CCN(CC)Cc1cc(Nc2cc(C(F)(F)F)nc(/N=C(\N)Nc3ccc(Cl)cc3)n2)ccc1O. The number of aromatic hydroxyl groups is 1. The van der Waals surface area contributed by atoms with Crippen LogP contribution in [0, 0.1) is 0 Å². The van der Waals surface area contributed by atoms with Gasteiger partial charge in [-0.1, -0.05) is 25.4 Å². The molecule has 1 heterocycles. The molecular weight excluding hydrogens is 483 g/mol. The minimum Gasteiger partial charge on any atom is -0.508 e. The second-order valence-electron chi connectivity index (χ2n) is 7.50. The average molecular weight is 508 g/mol. The molecule has 3 aromatic rings. The second-order valence-corrected chi connectivity index (χ2v) is 7.93. The van der Waals surface area contributed by atoms with E-state index in [-0.39, 0.29) is 17.5 Å². The van der Waals surface area contributed by atoms with Crippen LogP contribution in [-0.4, -0.2) is 39.0 Å². The van der Waals surface area contributed by atoms with Crippen LogP contribution in [0.5, 0.6) is 5.75 Å². The lowest BCUT2D eigenvalue weighted by atomic mass is 10.1. The maximum Gasteiger partial charge on any atom is 0.433 e. The van der Waals surface area contributed by atoms with Crippen molar-refractivity contribution in [3.63, 3.8) is 0 Å². The molecular formula is C23H25ClF3N7O. The van der Waals surface area contributed by atoms with Crippen LogP contribution in [0.1, 0.15) is 25.1 Å². The number of hydrogen-bond donors (Lipinski definition) is 4. The van der Waals surface area contributed by atoms with E-state index in [1.54, 1.807) is 30.3 Å². The predicted molar refractivity (Wildman–Crippen MR) is 131 cm³/mol. The minimum atomic E-state index is -4.73. The van der Waals surface area contributed by atoms with Crippen molar-refractivity contribution in [2.75, 3.05) is 23.7 Å². The van der Waals surface area contributed by atoms with E-state index in [4.69, 9.17) is 17.3 Å². The molecule has 0 aliphatic heterocycles. The van der Waals surface area contributed by atoms with E-state index in [9.17, 15) is 18.3 Å². The molecule has 0 saturated carbocycles. The number of alkyl halides is 3. The summed E-state index contributed by atoms with van der Waals surface area (Å²) in [6.45, 7) is 6.03. The van der Waals surface area contributed by atoms with Gasteiger partial charge in [0, 0.05) is 34.6 Å². The van der Waals surface area contributed by atoms with Crippen molar-refractivity contribution < 1.29 is 18.3 Å². The first-order chi connectivity index (χ1) is 16.6. The number of aromatic nitrogens is 2. The average Bonchev–Trinajstić information content (AvgIpc) is 2.80.